The Balaban J connectivity index is 2.25. The summed E-state index contributed by atoms with van der Waals surface area (Å²) in [6.45, 7) is 2.70. The normalized spacial score (nSPS) is 23.3. The average Bonchev–Trinajstić information content (AvgIpc) is 2.68. The molecule has 2 unspecified atom stereocenters. The molecule has 1 amide bonds. The fraction of sp³-hybridized carbons (Fsp3) is 0.462. The minimum atomic E-state index is -0.114. The molecule has 1 heterocycles. The molecule has 0 bridgehead atoms. The Morgan fingerprint density at radius 2 is 2.00 bits per heavy atom. The Morgan fingerprint density at radius 3 is 2.56 bits per heavy atom. The summed E-state index contributed by atoms with van der Waals surface area (Å²) in [7, 11) is 0. The number of nitrogens with two attached hydrogens (primary N) is 2. The summed E-state index contributed by atoms with van der Waals surface area (Å²) >= 11 is 0. The Morgan fingerprint density at radius 1 is 1.39 bits per heavy atom. The maximum absolute atomic E-state index is 12.4. The highest BCUT2D eigenvalue weighted by Crippen LogP contribution is 2.26. The van der Waals surface area contributed by atoms with Gasteiger partial charge in [0.15, 0.2) is 0 Å². The van der Waals surface area contributed by atoms with Crippen LogP contribution >= 0.6 is 0 Å². The lowest BCUT2D eigenvalue weighted by atomic mass is 10.0. The molecular weight excluding hydrogens is 230 g/mol. The second-order valence-electron chi connectivity index (χ2n) is 4.90. The number of aliphatic hydroxyl groups is 1. The van der Waals surface area contributed by atoms with Crippen molar-refractivity contribution in [3.63, 3.8) is 0 Å². The van der Waals surface area contributed by atoms with Gasteiger partial charge in [0.1, 0.15) is 0 Å². The average molecular weight is 249 g/mol. The first-order valence-corrected chi connectivity index (χ1v) is 6.10. The number of nitrogens with zero attached hydrogens (tertiary/aromatic N) is 1. The molecule has 2 atom stereocenters. The Kier molecular flexibility index (Phi) is 3.43. The van der Waals surface area contributed by atoms with E-state index in [9.17, 15) is 9.90 Å². The van der Waals surface area contributed by atoms with Gasteiger partial charge in [-0.15, -0.1) is 0 Å². The summed E-state index contributed by atoms with van der Waals surface area (Å²) in [6, 6.07) is 4.75. The second kappa shape index (κ2) is 4.86. The molecule has 1 aromatic carbocycles. The van der Waals surface area contributed by atoms with Crippen molar-refractivity contribution in [1.29, 1.82) is 0 Å². The lowest BCUT2D eigenvalue weighted by Crippen LogP contribution is -2.39. The van der Waals surface area contributed by atoms with Crippen LogP contribution in [0.25, 0.3) is 0 Å². The van der Waals surface area contributed by atoms with E-state index >= 15 is 0 Å². The lowest BCUT2D eigenvalue weighted by Gasteiger charge is -2.25. The highest BCUT2D eigenvalue weighted by Gasteiger charge is 2.34. The van der Waals surface area contributed by atoms with Gasteiger partial charge in [-0.05, 0) is 30.5 Å². The number of amides is 1. The minimum absolute atomic E-state index is 0.00922. The summed E-state index contributed by atoms with van der Waals surface area (Å²) in [6.07, 6.45) is 0.911. The molecule has 0 spiro atoms. The van der Waals surface area contributed by atoms with Crippen LogP contribution in [0.5, 0.6) is 0 Å². The van der Waals surface area contributed by atoms with E-state index in [1.165, 1.54) is 0 Å². The predicted octanol–water partition coefficient (Wildman–Crippen LogP) is 0.694. The molecule has 5 heteroatoms. The van der Waals surface area contributed by atoms with Crippen molar-refractivity contribution in [1.82, 2.24) is 4.90 Å². The monoisotopic (exact) mass is 249 g/mol. The van der Waals surface area contributed by atoms with Gasteiger partial charge in [-0.2, -0.15) is 0 Å². The summed E-state index contributed by atoms with van der Waals surface area (Å²) in [5.74, 6) is 0.203. The molecular formula is C13H19N3O2. The molecule has 1 aliphatic heterocycles. The number of likely N-dealkylation sites (tertiary alicyclic amines) is 1. The standard InChI is InChI=1S/C13H19N3O2/c1-8-2-3-16(12(8)7-17)13(18)9-4-10(14)6-11(15)5-9/h4-6,8,12,17H,2-3,7,14-15H2,1H3. The number of rotatable bonds is 2. The first-order chi connectivity index (χ1) is 8.52. The quantitative estimate of drug-likeness (QED) is 0.672. The molecule has 0 radical (unpaired) electrons. The van der Waals surface area contributed by atoms with E-state index in [-0.39, 0.29) is 18.6 Å². The number of benzene rings is 1. The van der Waals surface area contributed by atoms with Gasteiger partial charge in [-0.3, -0.25) is 4.79 Å². The number of hydrogen-bond acceptors (Lipinski definition) is 4. The molecule has 0 saturated carbocycles. The number of nitrogen functional groups attached to an aromatic ring is 2. The van der Waals surface area contributed by atoms with Gasteiger partial charge in [0, 0.05) is 23.5 Å². The van der Waals surface area contributed by atoms with Crippen molar-refractivity contribution in [3.05, 3.63) is 23.8 Å². The molecule has 0 aliphatic carbocycles. The van der Waals surface area contributed by atoms with Crippen LogP contribution in [0.1, 0.15) is 23.7 Å². The third-order valence-corrected chi connectivity index (χ3v) is 3.56. The van der Waals surface area contributed by atoms with E-state index in [1.807, 2.05) is 6.92 Å². The number of aliphatic hydroxyl groups excluding tert-OH is 1. The van der Waals surface area contributed by atoms with Crippen molar-refractivity contribution >= 4 is 17.3 Å². The predicted molar refractivity (Wildman–Crippen MR) is 71.0 cm³/mol. The number of carbonyl (C=O) groups excluding carboxylic acids is 1. The second-order valence-corrected chi connectivity index (χ2v) is 4.90. The van der Waals surface area contributed by atoms with Gasteiger partial charge in [0.05, 0.1) is 12.6 Å². The highest BCUT2D eigenvalue weighted by atomic mass is 16.3. The Labute approximate surface area is 106 Å². The van der Waals surface area contributed by atoms with Crippen molar-refractivity contribution in [3.8, 4) is 0 Å². The van der Waals surface area contributed by atoms with Crippen LogP contribution in [0.15, 0.2) is 18.2 Å². The molecule has 1 fully saturated rings. The molecule has 5 N–H and O–H groups in total. The van der Waals surface area contributed by atoms with E-state index < -0.39 is 0 Å². The Hall–Kier alpha value is -1.75. The van der Waals surface area contributed by atoms with Gasteiger partial charge in [-0.1, -0.05) is 6.92 Å². The van der Waals surface area contributed by atoms with E-state index in [1.54, 1.807) is 23.1 Å². The zero-order chi connectivity index (χ0) is 13.3. The number of anilines is 2. The zero-order valence-electron chi connectivity index (χ0n) is 10.5. The van der Waals surface area contributed by atoms with Crippen molar-refractivity contribution < 1.29 is 9.90 Å². The maximum atomic E-state index is 12.4. The lowest BCUT2D eigenvalue weighted by molar-refractivity contribution is 0.0648. The van der Waals surface area contributed by atoms with Gasteiger partial charge < -0.3 is 21.5 Å². The van der Waals surface area contributed by atoms with Crippen molar-refractivity contribution in [2.24, 2.45) is 5.92 Å². The molecule has 0 aromatic heterocycles. The Bertz CT molecular complexity index is 441. The van der Waals surface area contributed by atoms with Crippen LogP contribution in [0.3, 0.4) is 0 Å². The van der Waals surface area contributed by atoms with Gasteiger partial charge in [-0.25, -0.2) is 0 Å². The summed E-state index contributed by atoms with van der Waals surface area (Å²) in [4.78, 5) is 14.1. The van der Waals surface area contributed by atoms with Gasteiger partial charge in [0.25, 0.3) is 5.91 Å². The van der Waals surface area contributed by atoms with Crippen LogP contribution in [0, 0.1) is 5.92 Å². The fourth-order valence-corrected chi connectivity index (χ4v) is 2.50. The van der Waals surface area contributed by atoms with Crippen LogP contribution in [-0.4, -0.2) is 35.1 Å². The molecule has 18 heavy (non-hydrogen) atoms. The fourth-order valence-electron chi connectivity index (χ4n) is 2.50. The molecule has 1 aliphatic rings. The topological polar surface area (TPSA) is 92.6 Å². The molecule has 2 rings (SSSR count). The van der Waals surface area contributed by atoms with Crippen LogP contribution in [0.4, 0.5) is 11.4 Å². The van der Waals surface area contributed by atoms with Crippen LogP contribution in [-0.2, 0) is 0 Å². The van der Waals surface area contributed by atoms with E-state index in [0.29, 0.717) is 29.4 Å². The molecule has 98 valence electrons. The summed E-state index contributed by atoms with van der Waals surface area (Å²) in [5, 5.41) is 9.37. The first kappa shape index (κ1) is 12.7. The minimum Gasteiger partial charge on any atom is -0.399 e. The van der Waals surface area contributed by atoms with Gasteiger partial charge in [0.2, 0.25) is 0 Å². The van der Waals surface area contributed by atoms with E-state index in [0.717, 1.165) is 6.42 Å². The zero-order valence-corrected chi connectivity index (χ0v) is 10.5. The number of hydrogen-bond donors (Lipinski definition) is 3. The van der Waals surface area contributed by atoms with Crippen LogP contribution in [0.2, 0.25) is 0 Å². The molecule has 1 saturated heterocycles. The SMILES string of the molecule is CC1CCN(C(=O)c2cc(N)cc(N)c2)C1CO. The van der Waals surface area contributed by atoms with Gasteiger partial charge >= 0.3 is 0 Å². The van der Waals surface area contributed by atoms with Crippen molar-refractivity contribution in [2.75, 3.05) is 24.6 Å². The third-order valence-electron chi connectivity index (χ3n) is 3.56. The van der Waals surface area contributed by atoms with E-state index in [2.05, 4.69) is 0 Å². The number of carbonyl (C=O) groups is 1. The third kappa shape index (κ3) is 2.26. The van der Waals surface area contributed by atoms with Crippen LogP contribution < -0.4 is 11.5 Å². The van der Waals surface area contributed by atoms with Crippen molar-refractivity contribution in [2.45, 2.75) is 19.4 Å². The summed E-state index contributed by atoms with van der Waals surface area (Å²) < 4.78 is 0. The first-order valence-electron chi connectivity index (χ1n) is 6.10. The molecule has 1 aromatic rings. The largest absolute Gasteiger partial charge is 0.399 e. The summed E-state index contributed by atoms with van der Waals surface area (Å²) in [5.41, 5.74) is 12.8. The molecule has 5 nitrogen and oxygen atoms in total. The van der Waals surface area contributed by atoms with E-state index in [4.69, 9.17) is 11.5 Å². The smallest absolute Gasteiger partial charge is 0.254 e. The maximum Gasteiger partial charge on any atom is 0.254 e. The highest BCUT2D eigenvalue weighted by molar-refractivity contribution is 5.96.